The highest BCUT2D eigenvalue weighted by Gasteiger charge is 2.39. The van der Waals surface area contributed by atoms with Gasteiger partial charge in [0.05, 0.1) is 30.8 Å². The van der Waals surface area contributed by atoms with Crippen LogP contribution in [0.15, 0.2) is 82.2 Å². The van der Waals surface area contributed by atoms with Crippen molar-refractivity contribution in [3.8, 4) is 11.5 Å². The molecule has 2 aliphatic rings. The Morgan fingerprint density at radius 3 is 2.65 bits per heavy atom. The zero-order valence-corrected chi connectivity index (χ0v) is 21.2. The van der Waals surface area contributed by atoms with Crippen LogP contribution in [0.1, 0.15) is 29.5 Å². The highest BCUT2D eigenvalue weighted by atomic mass is 79.9. The van der Waals surface area contributed by atoms with Crippen molar-refractivity contribution in [1.82, 2.24) is 0 Å². The van der Waals surface area contributed by atoms with Crippen LogP contribution in [0.3, 0.4) is 0 Å². The Morgan fingerprint density at radius 1 is 1.00 bits per heavy atom. The predicted molar refractivity (Wildman–Crippen MR) is 137 cm³/mol. The molecule has 3 aromatic rings. The Hall–Kier alpha value is -2.97. The lowest BCUT2D eigenvalue weighted by atomic mass is 9.77. The van der Waals surface area contributed by atoms with Gasteiger partial charge in [-0.15, -0.1) is 0 Å². The Balaban J connectivity index is 1.50. The molecule has 0 bridgehead atoms. The van der Waals surface area contributed by atoms with Crippen LogP contribution in [0.4, 0.5) is 11.4 Å². The molecule has 0 amide bonds. The molecular formula is C26H25BrN2O4S. The minimum Gasteiger partial charge on any atom is -0.497 e. The van der Waals surface area contributed by atoms with Gasteiger partial charge < -0.3 is 14.8 Å². The molecule has 3 atom stereocenters. The molecule has 176 valence electrons. The molecule has 0 saturated heterocycles. The maximum absolute atomic E-state index is 13.2. The molecule has 1 heterocycles. The molecule has 6 nitrogen and oxygen atoms in total. The van der Waals surface area contributed by atoms with E-state index in [1.165, 1.54) is 0 Å². The van der Waals surface area contributed by atoms with Gasteiger partial charge in [-0.1, -0.05) is 34.1 Å². The van der Waals surface area contributed by atoms with Crippen molar-refractivity contribution in [2.75, 3.05) is 24.3 Å². The summed E-state index contributed by atoms with van der Waals surface area (Å²) >= 11 is 3.58. The van der Waals surface area contributed by atoms with E-state index in [0.29, 0.717) is 11.4 Å². The predicted octanol–water partition coefficient (Wildman–Crippen LogP) is 6.09. The molecule has 5 rings (SSSR count). The first-order valence-electron chi connectivity index (χ1n) is 11.0. The first kappa shape index (κ1) is 22.8. The summed E-state index contributed by atoms with van der Waals surface area (Å²) in [7, 11) is -0.537. The molecular weight excluding hydrogens is 516 g/mol. The van der Waals surface area contributed by atoms with Crippen LogP contribution < -0.4 is 19.5 Å². The summed E-state index contributed by atoms with van der Waals surface area (Å²) in [6.07, 6.45) is 5.27. The van der Waals surface area contributed by atoms with Crippen LogP contribution in [0, 0.1) is 5.92 Å². The fraction of sp³-hybridized carbons (Fsp3) is 0.231. The lowest BCUT2D eigenvalue weighted by molar-refractivity contribution is 0.381. The second kappa shape index (κ2) is 9.00. The maximum atomic E-state index is 13.2. The van der Waals surface area contributed by atoms with Gasteiger partial charge in [0.2, 0.25) is 0 Å². The zero-order chi connectivity index (χ0) is 23.9. The third-order valence-electron chi connectivity index (χ3n) is 6.49. The monoisotopic (exact) mass is 540 g/mol. The molecule has 0 saturated carbocycles. The number of methoxy groups -OCH3 is 2. The van der Waals surface area contributed by atoms with E-state index in [9.17, 15) is 8.42 Å². The fourth-order valence-electron chi connectivity index (χ4n) is 4.90. The Bertz CT molecular complexity index is 1370. The van der Waals surface area contributed by atoms with Crippen LogP contribution in [0.5, 0.6) is 11.5 Å². The molecule has 0 fully saturated rings. The van der Waals surface area contributed by atoms with Crippen LogP contribution in [-0.2, 0) is 10.0 Å². The van der Waals surface area contributed by atoms with Gasteiger partial charge in [-0.2, -0.15) is 0 Å². The third kappa shape index (κ3) is 4.16. The van der Waals surface area contributed by atoms with E-state index in [-0.39, 0.29) is 22.8 Å². The van der Waals surface area contributed by atoms with Gasteiger partial charge in [-0.3, -0.25) is 4.72 Å². The number of allylic oxidation sites excluding steroid dienone is 2. The number of benzene rings is 3. The summed E-state index contributed by atoms with van der Waals surface area (Å²) in [5, 5.41) is 3.66. The Kier molecular flexibility index (Phi) is 6.04. The van der Waals surface area contributed by atoms with E-state index < -0.39 is 10.0 Å². The number of hydrogen-bond donors (Lipinski definition) is 2. The van der Waals surface area contributed by atoms with Gasteiger partial charge in [0.15, 0.2) is 0 Å². The summed E-state index contributed by atoms with van der Waals surface area (Å²) in [6, 6.07) is 18.2. The number of hydrogen-bond acceptors (Lipinski definition) is 5. The topological polar surface area (TPSA) is 76.7 Å². The SMILES string of the molecule is COc1cccc(NS(=O)(=O)c2ccc3c(c2)[C@H]2C=CC[C@H]2[C@@H](c2cc(Br)ccc2OC)N3)c1. The van der Waals surface area contributed by atoms with Gasteiger partial charge >= 0.3 is 0 Å². The van der Waals surface area contributed by atoms with Crippen LogP contribution in [-0.4, -0.2) is 22.6 Å². The normalized spacial score (nSPS) is 20.7. The highest BCUT2D eigenvalue weighted by Crippen LogP contribution is 2.51. The van der Waals surface area contributed by atoms with Crippen molar-refractivity contribution in [1.29, 1.82) is 0 Å². The Morgan fingerprint density at radius 2 is 1.85 bits per heavy atom. The average Bonchev–Trinajstić information content (AvgIpc) is 3.33. The number of ether oxygens (including phenoxy) is 2. The van der Waals surface area contributed by atoms with Gasteiger partial charge in [-0.25, -0.2) is 8.42 Å². The minimum absolute atomic E-state index is 0.0392. The molecule has 0 unspecified atom stereocenters. The largest absolute Gasteiger partial charge is 0.497 e. The summed E-state index contributed by atoms with van der Waals surface area (Å²) in [5.74, 6) is 1.77. The van der Waals surface area contributed by atoms with Crippen LogP contribution >= 0.6 is 15.9 Å². The van der Waals surface area contributed by atoms with Gasteiger partial charge in [0, 0.05) is 27.7 Å². The first-order chi connectivity index (χ1) is 16.4. The molecule has 3 aromatic carbocycles. The summed E-state index contributed by atoms with van der Waals surface area (Å²) < 4.78 is 40.9. The summed E-state index contributed by atoms with van der Waals surface area (Å²) in [5.41, 5.74) is 3.45. The first-order valence-corrected chi connectivity index (χ1v) is 13.2. The second-order valence-electron chi connectivity index (χ2n) is 8.45. The molecule has 8 heteroatoms. The number of sulfonamides is 1. The molecule has 2 N–H and O–H groups in total. The van der Waals surface area contributed by atoms with E-state index in [2.05, 4.69) is 44.2 Å². The minimum atomic E-state index is -3.77. The molecule has 0 aromatic heterocycles. The Labute approximate surface area is 208 Å². The lowest BCUT2D eigenvalue weighted by Gasteiger charge is -2.38. The molecule has 0 radical (unpaired) electrons. The van der Waals surface area contributed by atoms with Gasteiger partial charge in [0.25, 0.3) is 10.0 Å². The third-order valence-corrected chi connectivity index (χ3v) is 8.37. The van der Waals surface area contributed by atoms with Crippen molar-refractivity contribution in [3.05, 3.63) is 88.4 Å². The van der Waals surface area contributed by atoms with E-state index in [0.717, 1.165) is 33.5 Å². The standard InChI is InChI=1S/C26H25BrN2O4S/c1-32-18-6-3-5-17(14-18)29-34(30,31)19-10-11-24-22(15-19)20-7-4-8-21(20)26(28-24)23-13-16(27)9-12-25(23)33-2/h3-7,9-15,20-21,26,28-29H,8H2,1-2H3/t20-,21+,26-/m0/s1. The molecule has 1 aliphatic heterocycles. The number of anilines is 2. The second-order valence-corrected chi connectivity index (χ2v) is 11.0. The zero-order valence-electron chi connectivity index (χ0n) is 18.8. The highest BCUT2D eigenvalue weighted by molar-refractivity contribution is 9.10. The van der Waals surface area contributed by atoms with E-state index >= 15 is 0 Å². The van der Waals surface area contributed by atoms with Crippen LogP contribution in [0.25, 0.3) is 0 Å². The summed E-state index contributed by atoms with van der Waals surface area (Å²) in [4.78, 5) is 0.230. The smallest absolute Gasteiger partial charge is 0.261 e. The number of rotatable bonds is 6. The van der Waals surface area contributed by atoms with E-state index in [1.807, 2.05) is 18.2 Å². The van der Waals surface area contributed by atoms with E-state index in [4.69, 9.17) is 9.47 Å². The summed E-state index contributed by atoms with van der Waals surface area (Å²) in [6.45, 7) is 0. The molecule has 0 spiro atoms. The maximum Gasteiger partial charge on any atom is 0.261 e. The van der Waals surface area contributed by atoms with Crippen molar-refractivity contribution in [2.24, 2.45) is 5.92 Å². The van der Waals surface area contributed by atoms with Crippen molar-refractivity contribution in [3.63, 3.8) is 0 Å². The van der Waals surface area contributed by atoms with Gasteiger partial charge in [0.1, 0.15) is 11.5 Å². The lowest BCUT2D eigenvalue weighted by Crippen LogP contribution is -2.29. The van der Waals surface area contributed by atoms with Crippen molar-refractivity contribution in [2.45, 2.75) is 23.3 Å². The van der Waals surface area contributed by atoms with Crippen molar-refractivity contribution < 1.29 is 17.9 Å². The van der Waals surface area contributed by atoms with E-state index in [1.54, 1.807) is 50.6 Å². The fourth-order valence-corrected chi connectivity index (χ4v) is 6.36. The number of nitrogens with one attached hydrogen (secondary N) is 2. The van der Waals surface area contributed by atoms with Crippen molar-refractivity contribution >= 4 is 37.3 Å². The average molecular weight is 541 g/mol. The van der Waals surface area contributed by atoms with Gasteiger partial charge in [-0.05, 0) is 66.4 Å². The number of halogens is 1. The molecule has 34 heavy (non-hydrogen) atoms. The molecule has 1 aliphatic carbocycles. The number of fused-ring (bicyclic) bond motifs is 3. The quantitative estimate of drug-likeness (QED) is 0.369. The van der Waals surface area contributed by atoms with Crippen LogP contribution in [0.2, 0.25) is 0 Å².